The fourth-order valence-electron chi connectivity index (χ4n) is 2.01. The second-order valence-electron chi connectivity index (χ2n) is 3.70. The zero-order chi connectivity index (χ0) is 8.23. The molecule has 0 aromatic heterocycles. The normalized spacial score (nSPS) is 34.2. The summed E-state index contributed by atoms with van der Waals surface area (Å²) in [5.41, 5.74) is 0. The molecule has 3 nitrogen and oxygen atoms in total. The van der Waals surface area contributed by atoms with E-state index in [9.17, 15) is 0 Å². The van der Waals surface area contributed by atoms with Gasteiger partial charge < -0.3 is 10.1 Å². The van der Waals surface area contributed by atoms with Crippen LogP contribution in [0.5, 0.6) is 0 Å². The summed E-state index contributed by atoms with van der Waals surface area (Å²) in [4.78, 5) is 0. The van der Waals surface area contributed by atoms with Crippen molar-refractivity contribution in [2.24, 2.45) is 0 Å². The Morgan fingerprint density at radius 2 is 2.08 bits per heavy atom. The molecule has 0 aliphatic carbocycles. The van der Waals surface area contributed by atoms with Gasteiger partial charge in [-0.05, 0) is 19.4 Å². The first-order valence-corrected chi connectivity index (χ1v) is 5.03. The molecule has 2 fully saturated rings. The highest BCUT2D eigenvalue weighted by atomic mass is 35.5. The highest BCUT2D eigenvalue weighted by molar-refractivity contribution is 5.85. The molecule has 0 bridgehead atoms. The van der Waals surface area contributed by atoms with E-state index in [4.69, 9.17) is 4.74 Å². The monoisotopic (exact) mass is 206 g/mol. The van der Waals surface area contributed by atoms with Crippen LogP contribution in [0.4, 0.5) is 0 Å². The summed E-state index contributed by atoms with van der Waals surface area (Å²) in [5, 5.41) is 6.87. The lowest BCUT2D eigenvalue weighted by atomic mass is 10.0. The summed E-state index contributed by atoms with van der Waals surface area (Å²) >= 11 is 0. The van der Waals surface area contributed by atoms with Crippen LogP contribution in [0.25, 0.3) is 0 Å². The van der Waals surface area contributed by atoms with Gasteiger partial charge in [0.2, 0.25) is 0 Å². The van der Waals surface area contributed by atoms with Gasteiger partial charge in [-0.15, -0.1) is 12.4 Å². The molecule has 0 saturated carbocycles. The fourth-order valence-corrected chi connectivity index (χ4v) is 2.01. The summed E-state index contributed by atoms with van der Waals surface area (Å²) in [7, 11) is 0. The fraction of sp³-hybridized carbons (Fsp3) is 1.00. The third-order valence-corrected chi connectivity index (χ3v) is 2.70. The first-order valence-electron chi connectivity index (χ1n) is 5.03. The molecule has 0 aromatic carbocycles. The Balaban J connectivity index is 0.000000845. The maximum atomic E-state index is 5.50. The zero-order valence-electron chi connectivity index (χ0n) is 7.92. The third-order valence-electron chi connectivity index (χ3n) is 2.70. The van der Waals surface area contributed by atoms with Gasteiger partial charge in [-0.3, -0.25) is 5.32 Å². The Morgan fingerprint density at radius 1 is 1.15 bits per heavy atom. The van der Waals surface area contributed by atoms with Crippen molar-refractivity contribution >= 4 is 12.4 Å². The predicted octanol–water partition coefficient (Wildman–Crippen LogP) is 0.886. The van der Waals surface area contributed by atoms with Crippen LogP contribution < -0.4 is 10.6 Å². The molecule has 78 valence electrons. The molecular formula is C9H19ClN2O. The maximum absolute atomic E-state index is 5.50. The van der Waals surface area contributed by atoms with Gasteiger partial charge in [0.15, 0.2) is 0 Å². The van der Waals surface area contributed by atoms with E-state index in [2.05, 4.69) is 10.6 Å². The Kier molecular flexibility index (Phi) is 5.02. The number of piperidine rings is 1. The predicted molar refractivity (Wildman–Crippen MR) is 55.2 cm³/mol. The Labute approximate surface area is 86.0 Å². The van der Waals surface area contributed by atoms with E-state index in [-0.39, 0.29) is 12.4 Å². The topological polar surface area (TPSA) is 33.3 Å². The van der Waals surface area contributed by atoms with Crippen LogP contribution in [-0.4, -0.2) is 32.0 Å². The van der Waals surface area contributed by atoms with Gasteiger partial charge in [-0.2, -0.15) is 0 Å². The van der Waals surface area contributed by atoms with Crippen molar-refractivity contribution in [2.45, 2.75) is 38.0 Å². The van der Waals surface area contributed by atoms with E-state index in [1.807, 2.05) is 0 Å². The van der Waals surface area contributed by atoms with Gasteiger partial charge in [0.25, 0.3) is 0 Å². The molecule has 2 aliphatic rings. The summed E-state index contributed by atoms with van der Waals surface area (Å²) < 4.78 is 5.50. The van der Waals surface area contributed by atoms with Gasteiger partial charge in [0.1, 0.15) is 6.23 Å². The molecule has 0 radical (unpaired) electrons. The SMILES string of the molecule is C1CCC(CC2NCCO2)NC1.Cl. The van der Waals surface area contributed by atoms with E-state index in [1.54, 1.807) is 0 Å². The summed E-state index contributed by atoms with van der Waals surface area (Å²) in [6.45, 7) is 3.10. The average molecular weight is 207 g/mol. The molecule has 0 amide bonds. The van der Waals surface area contributed by atoms with E-state index in [0.717, 1.165) is 19.6 Å². The van der Waals surface area contributed by atoms with Gasteiger partial charge in [-0.25, -0.2) is 0 Å². The molecular weight excluding hydrogens is 188 g/mol. The zero-order valence-corrected chi connectivity index (χ0v) is 8.74. The van der Waals surface area contributed by atoms with Crippen molar-refractivity contribution in [1.29, 1.82) is 0 Å². The molecule has 2 saturated heterocycles. The van der Waals surface area contributed by atoms with Crippen LogP contribution in [0.2, 0.25) is 0 Å². The second kappa shape index (κ2) is 5.81. The minimum absolute atomic E-state index is 0. The van der Waals surface area contributed by atoms with E-state index in [1.165, 1.54) is 25.8 Å². The number of rotatable bonds is 2. The standard InChI is InChI=1S/C9H18N2O.ClH/c1-2-4-10-8(3-1)7-9-11-5-6-12-9;/h8-11H,1-7H2;1H. The Morgan fingerprint density at radius 3 is 2.69 bits per heavy atom. The first kappa shape index (κ1) is 11.2. The minimum atomic E-state index is 0. The number of hydrogen-bond acceptors (Lipinski definition) is 3. The molecule has 0 aromatic rings. The van der Waals surface area contributed by atoms with Gasteiger partial charge >= 0.3 is 0 Å². The van der Waals surface area contributed by atoms with Crippen molar-refractivity contribution in [3.63, 3.8) is 0 Å². The lowest BCUT2D eigenvalue weighted by molar-refractivity contribution is 0.0815. The van der Waals surface area contributed by atoms with Crippen molar-refractivity contribution < 1.29 is 4.74 Å². The summed E-state index contributed by atoms with van der Waals surface area (Å²) in [5.74, 6) is 0. The van der Waals surface area contributed by atoms with Gasteiger partial charge in [-0.1, -0.05) is 6.42 Å². The highest BCUT2D eigenvalue weighted by Gasteiger charge is 2.20. The molecule has 2 atom stereocenters. The van der Waals surface area contributed by atoms with Gasteiger partial charge in [0, 0.05) is 19.0 Å². The van der Waals surface area contributed by atoms with Gasteiger partial charge in [0.05, 0.1) is 6.61 Å². The number of ether oxygens (including phenoxy) is 1. The molecule has 0 spiro atoms. The van der Waals surface area contributed by atoms with Crippen molar-refractivity contribution in [2.75, 3.05) is 19.7 Å². The van der Waals surface area contributed by atoms with Crippen LogP contribution in [0.3, 0.4) is 0 Å². The lowest BCUT2D eigenvalue weighted by Crippen LogP contribution is -2.39. The minimum Gasteiger partial charge on any atom is -0.362 e. The molecule has 4 heteroatoms. The van der Waals surface area contributed by atoms with Crippen LogP contribution in [-0.2, 0) is 4.74 Å². The van der Waals surface area contributed by atoms with Crippen LogP contribution in [0.15, 0.2) is 0 Å². The smallest absolute Gasteiger partial charge is 0.109 e. The van der Waals surface area contributed by atoms with Crippen molar-refractivity contribution in [1.82, 2.24) is 10.6 Å². The van der Waals surface area contributed by atoms with Crippen LogP contribution >= 0.6 is 12.4 Å². The lowest BCUT2D eigenvalue weighted by Gasteiger charge is -2.25. The second-order valence-corrected chi connectivity index (χ2v) is 3.70. The van der Waals surface area contributed by atoms with Crippen molar-refractivity contribution in [3.8, 4) is 0 Å². The van der Waals surface area contributed by atoms with Crippen molar-refractivity contribution in [3.05, 3.63) is 0 Å². The molecule has 2 unspecified atom stereocenters. The molecule has 2 rings (SSSR count). The first-order chi connectivity index (χ1) is 5.95. The molecule has 2 aliphatic heterocycles. The molecule has 2 heterocycles. The van der Waals surface area contributed by atoms with E-state index < -0.39 is 0 Å². The van der Waals surface area contributed by atoms with E-state index >= 15 is 0 Å². The molecule has 2 N–H and O–H groups in total. The summed E-state index contributed by atoms with van der Waals surface area (Å²) in [6.07, 6.45) is 5.50. The van der Waals surface area contributed by atoms with E-state index in [0.29, 0.717) is 12.3 Å². The number of halogens is 1. The molecule has 13 heavy (non-hydrogen) atoms. The number of nitrogens with one attached hydrogen (secondary N) is 2. The van der Waals surface area contributed by atoms with Crippen LogP contribution in [0, 0.1) is 0 Å². The maximum Gasteiger partial charge on any atom is 0.109 e. The highest BCUT2D eigenvalue weighted by Crippen LogP contribution is 2.13. The quantitative estimate of drug-likeness (QED) is 0.704. The summed E-state index contributed by atoms with van der Waals surface area (Å²) in [6, 6.07) is 0.689. The Bertz CT molecular complexity index is 134. The number of hydrogen-bond donors (Lipinski definition) is 2. The average Bonchev–Trinajstić information content (AvgIpc) is 2.59. The Hall–Kier alpha value is 0.170. The third kappa shape index (κ3) is 3.43. The largest absolute Gasteiger partial charge is 0.362 e. The van der Waals surface area contributed by atoms with Crippen LogP contribution in [0.1, 0.15) is 25.7 Å².